The molecule has 1 aliphatic rings. The van der Waals surface area contributed by atoms with E-state index in [0.717, 1.165) is 22.5 Å². The molecule has 0 aliphatic carbocycles. The summed E-state index contributed by atoms with van der Waals surface area (Å²) in [6.45, 7) is 1.50. The van der Waals surface area contributed by atoms with E-state index in [0.29, 0.717) is 12.8 Å². The van der Waals surface area contributed by atoms with Crippen LogP contribution in [0.5, 0.6) is 0 Å². The fourth-order valence-corrected chi connectivity index (χ4v) is 4.28. The zero-order valence-corrected chi connectivity index (χ0v) is 12.2. The SMILES string of the molecule is CCCC1(O)CN(S(=O)(=O)c2ccccc2C(F)(F)F)C1. The number of hydrogen-bond acceptors (Lipinski definition) is 3. The Morgan fingerprint density at radius 2 is 1.86 bits per heavy atom. The minimum absolute atomic E-state index is 0.171. The van der Waals surface area contributed by atoms with Gasteiger partial charge in [-0.1, -0.05) is 25.5 Å². The maximum atomic E-state index is 12.9. The molecule has 4 nitrogen and oxygen atoms in total. The Morgan fingerprint density at radius 1 is 1.29 bits per heavy atom. The molecule has 0 spiro atoms. The first-order valence-corrected chi connectivity index (χ1v) is 7.93. The zero-order chi connectivity index (χ0) is 15.9. The van der Waals surface area contributed by atoms with Gasteiger partial charge in [-0.15, -0.1) is 0 Å². The number of nitrogens with zero attached hydrogens (tertiary/aromatic N) is 1. The lowest BCUT2D eigenvalue weighted by Gasteiger charge is -2.45. The summed E-state index contributed by atoms with van der Waals surface area (Å²) in [5.41, 5.74) is -2.31. The van der Waals surface area contributed by atoms with Crippen LogP contribution in [0.2, 0.25) is 0 Å². The Morgan fingerprint density at radius 3 is 2.38 bits per heavy atom. The van der Waals surface area contributed by atoms with Crippen LogP contribution in [0.3, 0.4) is 0 Å². The van der Waals surface area contributed by atoms with E-state index >= 15 is 0 Å². The standard InChI is InChI=1S/C13H16F3NO3S/c1-2-7-12(18)8-17(9-12)21(19,20)11-6-4-3-5-10(11)13(14,15)16/h3-6,18H,2,7-9H2,1H3. The first-order valence-electron chi connectivity index (χ1n) is 6.49. The van der Waals surface area contributed by atoms with Crippen molar-refractivity contribution in [1.29, 1.82) is 0 Å². The van der Waals surface area contributed by atoms with Gasteiger partial charge >= 0.3 is 6.18 Å². The summed E-state index contributed by atoms with van der Waals surface area (Å²) >= 11 is 0. The largest absolute Gasteiger partial charge is 0.417 e. The Bertz CT molecular complexity index is 622. The molecule has 1 saturated heterocycles. The number of halogens is 3. The van der Waals surface area contributed by atoms with Gasteiger partial charge in [0.15, 0.2) is 0 Å². The molecule has 0 bridgehead atoms. The molecular weight excluding hydrogens is 307 g/mol. The second kappa shape index (κ2) is 5.26. The van der Waals surface area contributed by atoms with Crippen LogP contribution in [-0.2, 0) is 16.2 Å². The van der Waals surface area contributed by atoms with Crippen molar-refractivity contribution in [3.05, 3.63) is 29.8 Å². The quantitative estimate of drug-likeness (QED) is 0.924. The molecule has 1 fully saturated rings. The summed E-state index contributed by atoms with van der Waals surface area (Å²) in [7, 11) is -4.25. The number of sulfonamides is 1. The highest BCUT2D eigenvalue weighted by molar-refractivity contribution is 7.89. The van der Waals surface area contributed by atoms with Gasteiger partial charge in [0.1, 0.15) is 0 Å². The molecule has 0 saturated carbocycles. The summed E-state index contributed by atoms with van der Waals surface area (Å²) < 4.78 is 64.2. The molecule has 0 amide bonds. The summed E-state index contributed by atoms with van der Waals surface area (Å²) in [5.74, 6) is 0. The van der Waals surface area contributed by atoms with Crippen molar-refractivity contribution in [3.63, 3.8) is 0 Å². The van der Waals surface area contributed by atoms with E-state index in [2.05, 4.69) is 0 Å². The van der Waals surface area contributed by atoms with Crippen LogP contribution in [-0.4, -0.2) is 36.5 Å². The minimum Gasteiger partial charge on any atom is -0.387 e. The lowest BCUT2D eigenvalue weighted by atomic mass is 9.92. The molecule has 1 aromatic rings. The van der Waals surface area contributed by atoms with E-state index in [1.54, 1.807) is 0 Å². The topological polar surface area (TPSA) is 57.6 Å². The van der Waals surface area contributed by atoms with Gasteiger partial charge in [0.25, 0.3) is 0 Å². The Labute approximate surface area is 121 Å². The second-order valence-corrected chi connectivity index (χ2v) is 7.15. The first-order chi connectivity index (χ1) is 9.60. The van der Waals surface area contributed by atoms with Crippen LogP contribution in [0.4, 0.5) is 13.2 Å². The van der Waals surface area contributed by atoms with Gasteiger partial charge in [0, 0.05) is 13.1 Å². The number of β-amino-alcohol motifs (C(OH)–C–C–N with tert-alkyl or cyclic N) is 1. The monoisotopic (exact) mass is 323 g/mol. The number of aliphatic hydroxyl groups is 1. The molecule has 0 aromatic heterocycles. The molecule has 1 heterocycles. The van der Waals surface area contributed by atoms with Crippen LogP contribution in [0.1, 0.15) is 25.3 Å². The van der Waals surface area contributed by atoms with Crippen LogP contribution < -0.4 is 0 Å². The normalized spacial score (nSPS) is 19.3. The van der Waals surface area contributed by atoms with E-state index in [4.69, 9.17) is 0 Å². The molecule has 1 aliphatic heterocycles. The van der Waals surface area contributed by atoms with E-state index < -0.39 is 32.3 Å². The van der Waals surface area contributed by atoms with Gasteiger partial charge in [-0.3, -0.25) is 0 Å². The number of hydrogen-bond donors (Lipinski definition) is 1. The average Bonchev–Trinajstić information content (AvgIpc) is 2.35. The van der Waals surface area contributed by atoms with Crippen molar-refractivity contribution in [1.82, 2.24) is 4.31 Å². The Kier molecular flexibility index (Phi) is 4.07. The molecule has 118 valence electrons. The summed E-state index contributed by atoms with van der Waals surface area (Å²) in [4.78, 5) is -0.768. The van der Waals surface area contributed by atoms with E-state index in [-0.39, 0.29) is 13.1 Å². The first kappa shape index (κ1) is 16.3. The average molecular weight is 323 g/mol. The van der Waals surface area contributed by atoms with Crippen molar-refractivity contribution < 1.29 is 26.7 Å². The number of alkyl halides is 3. The second-order valence-electron chi connectivity index (χ2n) is 5.24. The minimum atomic E-state index is -4.74. The van der Waals surface area contributed by atoms with Gasteiger partial charge in [-0.05, 0) is 18.6 Å². The third kappa shape index (κ3) is 3.07. The highest BCUT2D eigenvalue weighted by atomic mass is 32.2. The van der Waals surface area contributed by atoms with Crippen molar-refractivity contribution in [2.75, 3.05) is 13.1 Å². The van der Waals surface area contributed by atoms with Crippen molar-refractivity contribution in [2.24, 2.45) is 0 Å². The maximum Gasteiger partial charge on any atom is 0.417 e. The zero-order valence-electron chi connectivity index (χ0n) is 11.4. The Hall–Kier alpha value is -1.12. The molecule has 0 radical (unpaired) electrons. The van der Waals surface area contributed by atoms with Crippen molar-refractivity contribution in [2.45, 2.75) is 36.4 Å². The van der Waals surface area contributed by atoms with Crippen molar-refractivity contribution in [3.8, 4) is 0 Å². The molecule has 8 heteroatoms. The Balaban J connectivity index is 2.31. The molecule has 21 heavy (non-hydrogen) atoms. The summed E-state index contributed by atoms with van der Waals surface area (Å²) in [5, 5.41) is 9.99. The summed E-state index contributed by atoms with van der Waals surface area (Å²) in [6.07, 6.45) is -3.66. The highest BCUT2D eigenvalue weighted by Gasteiger charge is 2.48. The molecule has 0 unspecified atom stereocenters. The van der Waals surface area contributed by atoms with Gasteiger partial charge in [-0.2, -0.15) is 17.5 Å². The van der Waals surface area contributed by atoms with Crippen LogP contribution in [0.15, 0.2) is 29.2 Å². The molecule has 0 atom stereocenters. The van der Waals surface area contributed by atoms with Crippen molar-refractivity contribution >= 4 is 10.0 Å². The molecule has 1 aromatic carbocycles. The molecule has 2 rings (SSSR count). The fraction of sp³-hybridized carbons (Fsp3) is 0.538. The van der Waals surface area contributed by atoms with Crippen LogP contribution >= 0.6 is 0 Å². The summed E-state index contributed by atoms with van der Waals surface area (Å²) in [6, 6.07) is 4.08. The highest BCUT2D eigenvalue weighted by Crippen LogP contribution is 2.38. The predicted molar refractivity (Wildman–Crippen MR) is 70.1 cm³/mol. The van der Waals surface area contributed by atoms with Gasteiger partial charge in [-0.25, -0.2) is 8.42 Å². The molecule has 1 N–H and O–H groups in total. The maximum absolute atomic E-state index is 12.9. The van der Waals surface area contributed by atoms with Gasteiger partial charge in [0.05, 0.1) is 16.1 Å². The lowest BCUT2D eigenvalue weighted by molar-refractivity contribution is -0.140. The van der Waals surface area contributed by atoms with Gasteiger partial charge in [0.2, 0.25) is 10.0 Å². The van der Waals surface area contributed by atoms with Crippen LogP contribution in [0, 0.1) is 0 Å². The predicted octanol–water partition coefficient (Wildman–Crippen LogP) is 2.24. The smallest absolute Gasteiger partial charge is 0.387 e. The third-order valence-electron chi connectivity index (χ3n) is 3.47. The van der Waals surface area contributed by atoms with E-state index in [1.165, 1.54) is 6.07 Å². The number of benzene rings is 1. The van der Waals surface area contributed by atoms with Gasteiger partial charge < -0.3 is 5.11 Å². The fourth-order valence-electron chi connectivity index (χ4n) is 2.47. The van der Waals surface area contributed by atoms with E-state index in [9.17, 15) is 26.7 Å². The lowest BCUT2D eigenvalue weighted by Crippen LogP contribution is -2.63. The molecular formula is C13H16F3NO3S. The number of rotatable bonds is 4. The third-order valence-corrected chi connectivity index (χ3v) is 5.32. The van der Waals surface area contributed by atoms with Crippen LogP contribution in [0.25, 0.3) is 0 Å². The van der Waals surface area contributed by atoms with E-state index in [1.807, 2.05) is 6.92 Å².